The largest absolute Gasteiger partial charge is 0.340 e. The summed E-state index contributed by atoms with van der Waals surface area (Å²) in [5.41, 5.74) is 0.515. The molecule has 0 spiro atoms. The molecule has 1 amide bonds. The SMILES string of the molecule is CC(C)n1cc(Br)cc1C(=O)Nc1cccc(Cl)c1F. The number of amides is 1. The highest BCUT2D eigenvalue weighted by atomic mass is 79.9. The third-order valence-electron chi connectivity index (χ3n) is 2.80. The quantitative estimate of drug-likeness (QED) is 0.833. The first kappa shape index (κ1) is 15.1. The van der Waals surface area contributed by atoms with Crippen LogP contribution in [0, 0.1) is 5.82 Å². The summed E-state index contributed by atoms with van der Waals surface area (Å²) in [5, 5.41) is 2.51. The van der Waals surface area contributed by atoms with Crippen molar-refractivity contribution in [2.45, 2.75) is 19.9 Å². The Balaban J connectivity index is 2.31. The molecule has 2 rings (SSSR count). The van der Waals surface area contributed by atoms with Crippen LogP contribution in [-0.2, 0) is 0 Å². The minimum absolute atomic E-state index is 0.0248. The van der Waals surface area contributed by atoms with Crippen molar-refractivity contribution in [3.05, 3.63) is 51.5 Å². The highest BCUT2D eigenvalue weighted by Gasteiger charge is 2.17. The number of hydrogen-bond donors (Lipinski definition) is 1. The maximum Gasteiger partial charge on any atom is 0.272 e. The third kappa shape index (κ3) is 3.04. The van der Waals surface area contributed by atoms with E-state index in [0.717, 1.165) is 4.47 Å². The van der Waals surface area contributed by atoms with Gasteiger partial charge < -0.3 is 9.88 Å². The van der Waals surface area contributed by atoms with Crippen LogP contribution in [-0.4, -0.2) is 10.5 Å². The summed E-state index contributed by atoms with van der Waals surface area (Å²) in [4.78, 5) is 12.3. The van der Waals surface area contributed by atoms with E-state index in [-0.39, 0.29) is 22.7 Å². The zero-order valence-corrected chi connectivity index (χ0v) is 13.3. The highest BCUT2D eigenvalue weighted by Crippen LogP contribution is 2.24. The molecule has 1 aromatic carbocycles. The number of aromatic nitrogens is 1. The fourth-order valence-electron chi connectivity index (χ4n) is 1.84. The molecular weight excluding hydrogens is 347 g/mol. The Bertz CT molecular complexity index is 655. The third-order valence-corrected chi connectivity index (χ3v) is 3.53. The number of benzene rings is 1. The summed E-state index contributed by atoms with van der Waals surface area (Å²) in [6.07, 6.45) is 1.81. The molecule has 0 aliphatic carbocycles. The summed E-state index contributed by atoms with van der Waals surface area (Å²) >= 11 is 9.03. The van der Waals surface area contributed by atoms with Gasteiger partial charge in [0.1, 0.15) is 5.69 Å². The number of nitrogens with one attached hydrogen (secondary N) is 1. The van der Waals surface area contributed by atoms with E-state index >= 15 is 0 Å². The summed E-state index contributed by atoms with van der Waals surface area (Å²) in [6.45, 7) is 3.92. The Morgan fingerprint density at radius 2 is 2.15 bits per heavy atom. The van der Waals surface area contributed by atoms with Crippen molar-refractivity contribution in [1.82, 2.24) is 4.57 Å². The van der Waals surface area contributed by atoms with Crippen molar-refractivity contribution in [1.29, 1.82) is 0 Å². The lowest BCUT2D eigenvalue weighted by atomic mass is 10.3. The lowest BCUT2D eigenvalue weighted by Crippen LogP contribution is -2.18. The van der Waals surface area contributed by atoms with Crippen LogP contribution in [0.25, 0.3) is 0 Å². The van der Waals surface area contributed by atoms with Gasteiger partial charge in [0.05, 0.1) is 10.7 Å². The predicted octanol–water partition coefficient (Wildman–Crippen LogP) is 4.88. The van der Waals surface area contributed by atoms with Gasteiger partial charge in [-0.25, -0.2) is 4.39 Å². The van der Waals surface area contributed by atoms with Crippen molar-refractivity contribution in [3.63, 3.8) is 0 Å². The predicted molar refractivity (Wildman–Crippen MR) is 81.9 cm³/mol. The van der Waals surface area contributed by atoms with Crippen molar-refractivity contribution in [3.8, 4) is 0 Å². The molecule has 0 bridgehead atoms. The Morgan fingerprint density at radius 1 is 1.45 bits per heavy atom. The van der Waals surface area contributed by atoms with Crippen LogP contribution in [0.1, 0.15) is 30.4 Å². The number of hydrogen-bond acceptors (Lipinski definition) is 1. The fraction of sp³-hybridized carbons (Fsp3) is 0.214. The van der Waals surface area contributed by atoms with Crippen molar-refractivity contribution in [2.24, 2.45) is 0 Å². The van der Waals surface area contributed by atoms with E-state index in [1.165, 1.54) is 12.1 Å². The van der Waals surface area contributed by atoms with Crippen molar-refractivity contribution >= 4 is 39.1 Å². The molecule has 0 fully saturated rings. The maximum absolute atomic E-state index is 13.8. The maximum atomic E-state index is 13.8. The van der Waals surface area contributed by atoms with E-state index < -0.39 is 5.82 Å². The van der Waals surface area contributed by atoms with Gasteiger partial charge in [-0.2, -0.15) is 0 Å². The number of carbonyl (C=O) groups excluding carboxylic acids is 1. The van der Waals surface area contributed by atoms with E-state index in [2.05, 4.69) is 21.2 Å². The number of rotatable bonds is 3. The Kier molecular flexibility index (Phi) is 4.50. The minimum Gasteiger partial charge on any atom is -0.340 e. The fourth-order valence-corrected chi connectivity index (χ4v) is 2.45. The van der Waals surface area contributed by atoms with Crippen LogP contribution in [0.4, 0.5) is 10.1 Å². The van der Waals surface area contributed by atoms with Gasteiger partial charge in [-0.05, 0) is 48.0 Å². The highest BCUT2D eigenvalue weighted by molar-refractivity contribution is 9.10. The lowest BCUT2D eigenvalue weighted by molar-refractivity contribution is 0.101. The van der Waals surface area contributed by atoms with E-state index in [1.807, 2.05) is 24.6 Å². The normalized spacial score (nSPS) is 10.9. The van der Waals surface area contributed by atoms with Gasteiger partial charge in [-0.3, -0.25) is 4.79 Å². The van der Waals surface area contributed by atoms with Crippen LogP contribution in [0.5, 0.6) is 0 Å². The molecule has 0 saturated carbocycles. The number of anilines is 1. The van der Waals surface area contributed by atoms with Gasteiger partial charge in [0.15, 0.2) is 5.82 Å². The number of halogens is 3. The zero-order chi connectivity index (χ0) is 14.9. The second kappa shape index (κ2) is 5.97. The Hall–Kier alpha value is -1.33. The number of carbonyl (C=O) groups is 1. The first-order chi connectivity index (χ1) is 9.40. The molecule has 3 nitrogen and oxygen atoms in total. The van der Waals surface area contributed by atoms with Crippen molar-refractivity contribution in [2.75, 3.05) is 5.32 Å². The molecule has 0 radical (unpaired) electrons. The molecule has 0 aliphatic heterocycles. The Morgan fingerprint density at radius 3 is 2.80 bits per heavy atom. The first-order valence-electron chi connectivity index (χ1n) is 6.03. The lowest BCUT2D eigenvalue weighted by Gasteiger charge is -2.13. The standard InChI is InChI=1S/C14H13BrClFN2O/c1-8(2)19-7-9(15)6-12(19)14(20)18-11-5-3-4-10(16)13(11)17/h3-8H,1-2H3,(H,18,20). The minimum atomic E-state index is -0.635. The van der Waals surface area contributed by atoms with E-state index in [4.69, 9.17) is 11.6 Å². The molecule has 1 N–H and O–H groups in total. The molecule has 0 unspecified atom stereocenters. The summed E-state index contributed by atoms with van der Waals surface area (Å²) < 4.78 is 16.4. The summed E-state index contributed by atoms with van der Waals surface area (Å²) in [7, 11) is 0. The van der Waals surface area contributed by atoms with Gasteiger partial charge >= 0.3 is 0 Å². The van der Waals surface area contributed by atoms with Gasteiger partial charge in [0, 0.05) is 16.7 Å². The molecule has 0 saturated heterocycles. The second-order valence-corrected chi connectivity index (χ2v) is 5.92. The van der Waals surface area contributed by atoms with Gasteiger partial charge in [0.25, 0.3) is 5.91 Å². The first-order valence-corrected chi connectivity index (χ1v) is 7.20. The average molecular weight is 360 g/mol. The molecule has 106 valence electrons. The second-order valence-electron chi connectivity index (χ2n) is 4.60. The van der Waals surface area contributed by atoms with E-state index in [0.29, 0.717) is 5.69 Å². The molecule has 20 heavy (non-hydrogen) atoms. The molecule has 6 heteroatoms. The van der Waals surface area contributed by atoms with Crippen LogP contribution >= 0.6 is 27.5 Å². The topological polar surface area (TPSA) is 34.0 Å². The smallest absolute Gasteiger partial charge is 0.272 e. The zero-order valence-electron chi connectivity index (χ0n) is 11.0. The Labute approximate surface area is 129 Å². The van der Waals surface area contributed by atoms with Crippen LogP contribution in [0.2, 0.25) is 5.02 Å². The van der Waals surface area contributed by atoms with Crippen LogP contribution in [0.3, 0.4) is 0 Å². The molecule has 2 aromatic rings. The van der Waals surface area contributed by atoms with Crippen molar-refractivity contribution < 1.29 is 9.18 Å². The monoisotopic (exact) mass is 358 g/mol. The van der Waals surface area contributed by atoms with Gasteiger partial charge in [-0.15, -0.1) is 0 Å². The average Bonchev–Trinajstić information content (AvgIpc) is 2.77. The molecule has 1 heterocycles. The van der Waals surface area contributed by atoms with Crippen LogP contribution < -0.4 is 5.32 Å². The van der Waals surface area contributed by atoms with Gasteiger partial charge in [0.2, 0.25) is 0 Å². The molecule has 0 aliphatic rings. The molecular formula is C14H13BrClFN2O. The van der Waals surface area contributed by atoms with Crippen LogP contribution in [0.15, 0.2) is 34.9 Å². The molecule has 0 atom stereocenters. The van der Waals surface area contributed by atoms with Gasteiger partial charge in [-0.1, -0.05) is 17.7 Å². The summed E-state index contributed by atoms with van der Waals surface area (Å²) in [5.74, 6) is -1.02. The number of nitrogens with zero attached hydrogens (tertiary/aromatic N) is 1. The van der Waals surface area contributed by atoms with E-state index in [9.17, 15) is 9.18 Å². The van der Waals surface area contributed by atoms with E-state index in [1.54, 1.807) is 12.1 Å². The molecule has 1 aromatic heterocycles. The summed E-state index contributed by atoms with van der Waals surface area (Å²) in [6, 6.07) is 6.29.